The van der Waals surface area contributed by atoms with Gasteiger partial charge in [0.05, 0.1) is 23.6 Å². The van der Waals surface area contributed by atoms with Crippen LogP contribution in [-0.4, -0.2) is 85.0 Å². The van der Waals surface area contributed by atoms with Gasteiger partial charge in [0.1, 0.15) is 11.3 Å². The number of amides is 1. The lowest BCUT2D eigenvalue weighted by Crippen LogP contribution is -2.81. The van der Waals surface area contributed by atoms with Crippen LogP contribution in [0.1, 0.15) is 28.8 Å². The summed E-state index contributed by atoms with van der Waals surface area (Å²) >= 11 is 0. The zero-order valence-electron chi connectivity index (χ0n) is 19.7. The maximum absolute atomic E-state index is 14.2. The number of nitrogens with zero attached hydrogens (tertiary/aromatic N) is 1. The second-order valence-electron chi connectivity index (χ2n) is 9.61. The molecule has 10 heteroatoms. The van der Waals surface area contributed by atoms with E-state index in [2.05, 4.69) is 5.32 Å². The normalized spacial score (nSPS) is 37.3. The SMILES string of the molecule is CN[C@@]12C(=O)C(C(N)=O)C(=O)[C@@H](N(C)C)[C@@H]1[C@@H](OC)[C@H]1C(C(=O)c3c(O)cccc3[C@@H]1C)C2=O. The van der Waals surface area contributed by atoms with Crippen LogP contribution in [0.2, 0.25) is 0 Å². The molecule has 34 heavy (non-hydrogen) atoms. The van der Waals surface area contributed by atoms with Crippen molar-refractivity contribution in [3.05, 3.63) is 29.3 Å². The monoisotopic (exact) mass is 471 g/mol. The van der Waals surface area contributed by atoms with Gasteiger partial charge in [-0.05, 0) is 38.7 Å². The van der Waals surface area contributed by atoms with Gasteiger partial charge in [0.15, 0.2) is 29.1 Å². The molecule has 0 heterocycles. The third kappa shape index (κ3) is 2.82. The highest BCUT2D eigenvalue weighted by Crippen LogP contribution is 2.55. The number of nitrogens with two attached hydrogens (primary N) is 1. The number of methoxy groups -OCH3 is 1. The van der Waals surface area contributed by atoms with E-state index in [1.807, 2.05) is 6.92 Å². The highest BCUT2D eigenvalue weighted by atomic mass is 16.5. The maximum Gasteiger partial charge on any atom is 0.235 e. The van der Waals surface area contributed by atoms with Crippen LogP contribution in [0.15, 0.2) is 18.2 Å². The second kappa shape index (κ2) is 8.07. The number of aromatic hydroxyl groups is 1. The van der Waals surface area contributed by atoms with E-state index >= 15 is 0 Å². The van der Waals surface area contributed by atoms with Gasteiger partial charge in [0.25, 0.3) is 0 Å². The van der Waals surface area contributed by atoms with Gasteiger partial charge in [-0.25, -0.2) is 0 Å². The molecule has 1 amide bonds. The largest absolute Gasteiger partial charge is 0.507 e. The van der Waals surface area contributed by atoms with Crippen molar-refractivity contribution in [3.63, 3.8) is 0 Å². The number of phenolic OH excluding ortho intramolecular Hbond substituents is 1. The number of hydrogen-bond donors (Lipinski definition) is 3. The first-order valence-electron chi connectivity index (χ1n) is 11.1. The number of fused-ring (bicyclic) bond motifs is 3. The Morgan fingerprint density at radius 3 is 2.35 bits per heavy atom. The molecule has 1 aromatic carbocycles. The number of nitrogens with one attached hydrogen (secondary N) is 1. The minimum absolute atomic E-state index is 0.0408. The Balaban J connectivity index is 2.03. The molecule has 0 saturated heterocycles. The highest BCUT2D eigenvalue weighted by Gasteiger charge is 2.73. The summed E-state index contributed by atoms with van der Waals surface area (Å²) in [4.78, 5) is 68.8. The Kier molecular flexibility index (Phi) is 5.74. The van der Waals surface area contributed by atoms with Crippen molar-refractivity contribution in [2.75, 3.05) is 28.3 Å². The van der Waals surface area contributed by atoms with Gasteiger partial charge in [0.2, 0.25) is 5.91 Å². The van der Waals surface area contributed by atoms with Crippen LogP contribution in [0.3, 0.4) is 0 Å². The first kappa shape index (κ1) is 24.2. The number of ketones is 4. The van der Waals surface area contributed by atoms with Crippen LogP contribution >= 0.6 is 0 Å². The molecule has 182 valence electrons. The molecule has 0 aromatic heterocycles. The van der Waals surface area contributed by atoms with E-state index in [0.29, 0.717) is 5.56 Å². The summed E-state index contributed by atoms with van der Waals surface area (Å²) < 4.78 is 5.89. The summed E-state index contributed by atoms with van der Waals surface area (Å²) in [5.74, 6) is -9.69. The first-order valence-corrected chi connectivity index (χ1v) is 11.1. The van der Waals surface area contributed by atoms with Gasteiger partial charge >= 0.3 is 0 Å². The maximum atomic E-state index is 14.2. The molecule has 0 spiro atoms. The highest BCUT2D eigenvalue weighted by molar-refractivity contribution is 6.33. The molecule has 10 nitrogen and oxygen atoms in total. The fourth-order valence-electron chi connectivity index (χ4n) is 6.66. The standard InChI is InChI=1S/C24H29N3O7/c1-9-10-7-6-8-11(28)13(10)18(29)14-12(9)20(34-5)16-17(27(3)4)19(30)15(23(25)33)22(32)24(16,26-2)21(14)31/h6-9,12,14-17,20,26,28H,1-5H3,(H2,25,33)/t9-,12+,14?,15?,16+,17-,20-,24-/m0/s1. The smallest absolute Gasteiger partial charge is 0.235 e. The lowest BCUT2D eigenvalue weighted by Gasteiger charge is -2.58. The van der Waals surface area contributed by atoms with Gasteiger partial charge in [-0.2, -0.15) is 0 Å². The molecule has 4 rings (SSSR count). The number of carbonyl (C=O) groups is 5. The van der Waals surface area contributed by atoms with E-state index in [9.17, 15) is 29.1 Å². The van der Waals surface area contributed by atoms with Crippen molar-refractivity contribution >= 4 is 29.0 Å². The van der Waals surface area contributed by atoms with Crippen LogP contribution in [0, 0.1) is 23.7 Å². The Morgan fingerprint density at radius 2 is 1.82 bits per heavy atom. The van der Waals surface area contributed by atoms with Crippen molar-refractivity contribution in [2.45, 2.75) is 30.5 Å². The molecule has 0 radical (unpaired) electrons. The number of carbonyl (C=O) groups excluding carboxylic acids is 5. The lowest BCUT2D eigenvalue weighted by molar-refractivity contribution is -0.175. The molecule has 3 aliphatic carbocycles. The number of Topliss-reactive ketones (excluding diaryl/α,β-unsaturated/α-hetero) is 4. The Bertz CT molecular complexity index is 1120. The topological polar surface area (TPSA) is 156 Å². The summed E-state index contributed by atoms with van der Waals surface area (Å²) in [5.41, 5.74) is 4.01. The molecular formula is C24H29N3O7. The van der Waals surface area contributed by atoms with Crippen LogP contribution in [0.25, 0.3) is 0 Å². The zero-order valence-corrected chi connectivity index (χ0v) is 19.7. The first-order chi connectivity index (χ1) is 16.0. The molecule has 4 N–H and O–H groups in total. The van der Waals surface area contributed by atoms with E-state index in [1.165, 1.54) is 20.2 Å². The van der Waals surface area contributed by atoms with E-state index in [-0.39, 0.29) is 11.3 Å². The Morgan fingerprint density at radius 1 is 1.18 bits per heavy atom. The fourth-order valence-corrected chi connectivity index (χ4v) is 6.66. The van der Waals surface area contributed by atoms with E-state index in [4.69, 9.17) is 10.5 Å². The van der Waals surface area contributed by atoms with E-state index in [0.717, 1.165) is 0 Å². The minimum atomic E-state index is -2.05. The number of benzene rings is 1. The van der Waals surface area contributed by atoms with E-state index < -0.39 is 76.3 Å². The number of phenols is 1. The molecular weight excluding hydrogens is 442 g/mol. The molecule has 0 aliphatic heterocycles. The van der Waals surface area contributed by atoms with Crippen molar-refractivity contribution in [1.29, 1.82) is 0 Å². The number of rotatable bonds is 4. The molecule has 2 saturated carbocycles. The summed E-state index contributed by atoms with van der Waals surface area (Å²) in [6.07, 6.45) is -0.876. The van der Waals surface area contributed by atoms with Crippen molar-refractivity contribution < 1.29 is 33.8 Å². The van der Waals surface area contributed by atoms with Crippen LogP contribution in [0.4, 0.5) is 0 Å². The minimum Gasteiger partial charge on any atom is -0.507 e. The molecule has 0 bridgehead atoms. The zero-order chi connectivity index (χ0) is 25.3. The Hall–Kier alpha value is -2.95. The summed E-state index contributed by atoms with van der Waals surface area (Å²) in [6.45, 7) is 1.83. The molecule has 2 unspecified atom stereocenters. The number of ether oxygens (including phenoxy) is 1. The van der Waals surface area contributed by atoms with Gasteiger partial charge in [0, 0.05) is 18.9 Å². The summed E-state index contributed by atoms with van der Waals surface area (Å²) in [6, 6.07) is 3.66. The molecule has 1 aromatic rings. The van der Waals surface area contributed by atoms with Crippen molar-refractivity contribution in [2.24, 2.45) is 29.4 Å². The van der Waals surface area contributed by atoms with Gasteiger partial charge in [-0.1, -0.05) is 19.1 Å². The van der Waals surface area contributed by atoms with Crippen molar-refractivity contribution in [1.82, 2.24) is 10.2 Å². The third-order valence-electron chi connectivity index (χ3n) is 8.04. The number of hydrogen-bond acceptors (Lipinski definition) is 9. The summed E-state index contributed by atoms with van der Waals surface area (Å²) in [7, 11) is 6.03. The van der Waals surface area contributed by atoms with Gasteiger partial charge in [-0.3, -0.25) is 28.9 Å². The quantitative estimate of drug-likeness (QED) is 0.482. The molecule has 2 fully saturated rings. The lowest BCUT2D eigenvalue weighted by atomic mass is 9.48. The van der Waals surface area contributed by atoms with Crippen LogP contribution < -0.4 is 11.1 Å². The number of primary amides is 1. The molecule has 3 aliphatic rings. The predicted molar refractivity (Wildman–Crippen MR) is 119 cm³/mol. The Labute approximate surface area is 196 Å². The van der Waals surface area contributed by atoms with Crippen LogP contribution in [-0.2, 0) is 23.9 Å². The fraction of sp³-hybridized carbons (Fsp3) is 0.542. The third-order valence-corrected chi connectivity index (χ3v) is 8.04. The van der Waals surface area contributed by atoms with Crippen molar-refractivity contribution in [3.8, 4) is 5.75 Å². The predicted octanol–water partition coefficient (Wildman–Crippen LogP) is -0.720. The average molecular weight is 472 g/mol. The van der Waals surface area contributed by atoms with E-state index in [1.54, 1.807) is 31.1 Å². The van der Waals surface area contributed by atoms with Gasteiger partial charge < -0.3 is 20.9 Å². The average Bonchev–Trinajstić information content (AvgIpc) is 2.76. The molecule has 8 atom stereocenters. The second-order valence-corrected chi connectivity index (χ2v) is 9.61. The van der Waals surface area contributed by atoms with Crippen LogP contribution in [0.5, 0.6) is 5.75 Å². The summed E-state index contributed by atoms with van der Waals surface area (Å²) in [5, 5.41) is 13.3. The number of likely N-dealkylation sites (N-methyl/N-ethyl adjacent to an activating group) is 2. The van der Waals surface area contributed by atoms with Gasteiger partial charge in [-0.15, -0.1) is 0 Å².